The van der Waals surface area contributed by atoms with Crippen LogP contribution in [0.1, 0.15) is 37.0 Å². The van der Waals surface area contributed by atoms with E-state index in [4.69, 9.17) is 0 Å². The Hall–Kier alpha value is -2.88. The van der Waals surface area contributed by atoms with Gasteiger partial charge in [0, 0.05) is 38.4 Å². The molecular weight excluding hydrogens is 366 g/mol. The molecule has 0 unspecified atom stereocenters. The molecule has 3 heterocycles. The van der Waals surface area contributed by atoms with Gasteiger partial charge < -0.3 is 10.6 Å². The lowest BCUT2D eigenvalue weighted by Gasteiger charge is -2.04. The summed E-state index contributed by atoms with van der Waals surface area (Å²) in [7, 11) is 0. The molecule has 0 bridgehead atoms. The highest BCUT2D eigenvalue weighted by Gasteiger charge is 2.11. The number of fused-ring (bicyclic) bond motifs is 1. The highest BCUT2D eigenvalue weighted by molar-refractivity contribution is 7.15. The van der Waals surface area contributed by atoms with E-state index in [0.29, 0.717) is 18.1 Å². The van der Waals surface area contributed by atoms with Crippen molar-refractivity contribution in [1.82, 2.24) is 30.1 Å². The van der Waals surface area contributed by atoms with Crippen molar-refractivity contribution in [3.05, 3.63) is 35.2 Å². The molecule has 0 aromatic carbocycles. The molecule has 0 aliphatic carbocycles. The lowest BCUT2D eigenvalue weighted by Crippen LogP contribution is -2.27. The molecule has 0 atom stereocenters. The van der Waals surface area contributed by atoms with Crippen molar-refractivity contribution in [2.75, 3.05) is 11.9 Å². The summed E-state index contributed by atoms with van der Waals surface area (Å²) < 4.78 is 1.88. The number of nitrogens with one attached hydrogen (secondary N) is 2. The summed E-state index contributed by atoms with van der Waals surface area (Å²) in [6, 6.07) is 5.67. The van der Waals surface area contributed by atoms with Gasteiger partial charge in [0.1, 0.15) is 10.8 Å². The van der Waals surface area contributed by atoms with Crippen LogP contribution in [0.15, 0.2) is 24.4 Å². The van der Waals surface area contributed by atoms with Gasteiger partial charge in [0.15, 0.2) is 5.65 Å². The van der Waals surface area contributed by atoms with Crippen molar-refractivity contribution in [3.8, 4) is 0 Å². The van der Waals surface area contributed by atoms with E-state index < -0.39 is 0 Å². The second-order valence-corrected chi connectivity index (χ2v) is 7.01. The zero-order valence-corrected chi connectivity index (χ0v) is 15.8. The standard InChI is InChI=1S/C17H21N7O2S/c1-2-5-16-22-23-17(27-16)19-15(26)8-7-14(25)18-10-9-13-21-20-12-6-3-4-11-24(12)13/h3-4,6,11H,2,5,7-10H2,1H3,(H,18,25)(H,19,23,26). The van der Waals surface area contributed by atoms with Gasteiger partial charge in [0.05, 0.1) is 0 Å². The third kappa shape index (κ3) is 5.30. The third-order valence-corrected chi connectivity index (χ3v) is 4.71. The number of carbonyl (C=O) groups is 2. The lowest BCUT2D eigenvalue weighted by molar-refractivity contribution is -0.124. The molecule has 3 rings (SSSR count). The van der Waals surface area contributed by atoms with Crippen molar-refractivity contribution in [1.29, 1.82) is 0 Å². The second-order valence-electron chi connectivity index (χ2n) is 5.94. The van der Waals surface area contributed by atoms with E-state index in [1.165, 1.54) is 11.3 Å². The number of hydrogen-bond acceptors (Lipinski definition) is 7. The summed E-state index contributed by atoms with van der Waals surface area (Å²) in [4.78, 5) is 23.8. The van der Waals surface area contributed by atoms with Crippen LogP contribution in [0.2, 0.25) is 0 Å². The molecule has 3 aromatic rings. The van der Waals surface area contributed by atoms with E-state index >= 15 is 0 Å². The first-order valence-corrected chi connectivity index (χ1v) is 9.65. The zero-order chi connectivity index (χ0) is 19.1. The summed E-state index contributed by atoms with van der Waals surface area (Å²) in [5.41, 5.74) is 0.772. The van der Waals surface area contributed by atoms with Crippen molar-refractivity contribution < 1.29 is 9.59 Å². The number of carbonyl (C=O) groups excluding carboxylic acids is 2. The number of anilines is 1. The Labute approximate surface area is 160 Å². The van der Waals surface area contributed by atoms with Crippen LogP contribution in [0.25, 0.3) is 5.65 Å². The largest absolute Gasteiger partial charge is 0.356 e. The van der Waals surface area contributed by atoms with E-state index in [1.54, 1.807) is 0 Å². The summed E-state index contributed by atoms with van der Waals surface area (Å²) >= 11 is 1.36. The van der Waals surface area contributed by atoms with Gasteiger partial charge in [-0.1, -0.05) is 24.3 Å². The normalized spacial score (nSPS) is 10.9. The van der Waals surface area contributed by atoms with Gasteiger partial charge in [-0.3, -0.25) is 14.0 Å². The molecular formula is C17H21N7O2S. The number of amides is 2. The Morgan fingerprint density at radius 2 is 1.93 bits per heavy atom. The molecule has 0 saturated carbocycles. The van der Waals surface area contributed by atoms with Crippen molar-refractivity contribution in [3.63, 3.8) is 0 Å². The summed E-state index contributed by atoms with van der Waals surface area (Å²) in [5.74, 6) is 0.360. The van der Waals surface area contributed by atoms with E-state index in [2.05, 4.69) is 38.0 Å². The molecule has 2 amide bonds. The SMILES string of the molecule is CCCc1nnc(NC(=O)CCC(=O)NCCc2nnc3ccccn23)s1. The first-order chi connectivity index (χ1) is 13.2. The van der Waals surface area contributed by atoms with Crippen LogP contribution < -0.4 is 10.6 Å². The molecule has 27 heavy (non-hydrogen) atoms. The summed E-state index contributed by atoms with van der Waals surface area (Å²) in [5, 5.41) is 23.0. The molecule has 10 heteroatoms. The highest BCUT2D eigenvalue weighted by atomic mass is 32.1. The Kier molecular flexibility index (Phi) is 6.42. The summed E-state index contributed by atoms with van der Waals surface area (Å²) in [6.07, 6.45) is 4.49. The lowest BCUT2D eigenvalue weighted by atomic mass is 10.2. The topological polar surface area (TPSA) is 114 Å². The average molecular weight is 387 g/mol. The fourth-order valence-corrected chi connectivity index (χ4v) is 3.35. The predicted octanol–water partition coefficient (Wildman–Crippen LogP) is 1.61. The van der Waals surface area contributed by atoms with E-state index in [9.17, 15) is 9.59 Å². The van der Waals surface area contributed by atoms with Gasteiger partial charge >= 0.3 is 0 Å². The molecule has 0 aliphatic rings. The van der Waals surface area contributed by atoms with E-state index in [1.807, 2.05) is 28.8 Å². The van der Waals surface area contributed by atoms with E-state index in [-0.39, 0.29) is 24.7 Å². The van der Waals surface area contributed by atoms with Crippen molar-refractivity contribution in [2.24, 2.45) is 0 Å². The zero-order valence-electron chi connectivity index (χ0n) is 15.0. The number of aryl methyl sites for hydroxylation is 1. The molecule has 0 fully saturated rings. The Morgan fingerprint density at radius 1 is 1.07 bits per heavy atom. The average Bonchev–Trinajstić information content (AvgIpc) is 3.28. The second kappa shape index (κ2) is 9.17. The summed E-state index contributed by atoms with van der Waals surface area (Å²) in [6.45, 7) is 2.50. The Balaban J connectivity index is 1.37. The maximum atomic E-state index is 11.9. The number of nitrogens with zero attached hydrogens (tertiary/aromatic N) is 5. The van der Waals surface area contributed by atoms with Gasteiger partial charge in [-0.05, 0) is 18.6 Å². The molecule has 0 spiro atoms. The van der Waals surface area contributed by atoms with E-state index in [0.717, 1.165) is 29.3 Å². The molecule has 0 radical (unpaired) electrons. The van der Waals surface area contributed by atoms with Gasteiger partial charge in [-0.25, -0.2) is 0 Å². The maximum Gasteiger partial charge on any atom is 0.226 e. The number of pyridine rings is 1. The molecule has 142 valence electrons. The predicted molar refractivity (Wildman–Crippen MR) is 101 cm³/mol. The third-order valence-electron chi connectivity index (χ3n) is 3.81. The van der Waals surface area contributed by atoms with Crippen LogP contribution >= 0.6 is 11.3 Å². The Morgan fingerprint density at radius 3 is 2.78 bits per heavy atom. The van der Waals surface area contributed by atoms with Crippen LogP contribution in [-0.2, 0) is 22.4 Å². The van der Waals surface area contributed by atoms with Crippen LogP contribution in [0.3, 0.4) is 0 Å². The van der Waals surface area contributed by atoms with Gasteiger partial charge in [-0.15, -0.1) is 20.4 Å². The van der Waals surface area contributed by atoms with Crippen LogP contribution in [0, 0.1) is 0 Å². The number of rotatable bonds is 9. The van der Waals surface area contributed by atoms with Gasteiger partial charge in [0.2, 0.25) is 16.9 Å². The first kappa shape index (κ1) is 18.9. The minimum Gasteiger partial charge on any atom is -0.356 e. The molecule has 0 aliphatic heterocycles. The monoisotopic (exact) mass is 387 g/mol. The minimum atomic E-state index is -0.243. The van der Waals surface area contributed by atoms with Crippen molar-refractivity contribution >= 4 is 33.9 Å². The quantitative estimate of drug-likeness (QED) is 0.576. The highest BCUT2D eigenvalue weighted by Crippen LogP contribution is 2.16. The fourth-order valence-electron chi connectivity index (χ4n) is 2.49. The first-order valence-electron chi connectivity index (χ1n) is 8.83. The molecule has 9 nitrogen and oxygen atoms in total. The van der Waals surface area contributed by atoms with Gasteiger partial charge in [-0.2, -0.15) is 0 Å². The maximum absolute atomic E-state index is 11.9. The van der Waals surface area contributed by atoms with Gasteiger partial charge in [0.25, 0.3) is 0 Å². The minimum absolute atomic E-state index is 0.0996. The molecule has 2 N–H and O–H groups in total. The molecule has 0 saturated heterocycles. The Bertz CT molecular complexity index is 921. The van der Waals surface area contributed by atoms with Crippen molar-refractivity contribution in [2.45, 2.75) is 39.0 Å². The fraction of sp³-hybridized carbons (Fsp3) is 0.412. The molecule has 3 aromatic heterocycles. The van der Waals surface area contributed by atoms with Crippen LogP contribution in [0.4, 0.5) is 5.13 Å². The number of hydrogen-bond donors (Lipinski definition) is 2. The van der Waals surface area contributed by atoms with Crippen LogP contribution in [-0.4, -0.2) is 43.2 Å². The number of aromatic nitrogens is 5. The van der Waals surface area contributed by atoms with Crippen LogP contribution in [0.5, 0.6) is 0 Å². The smallest absolute Gasteiger partial charge is 0.226 e.